The molecule has 0 saturated carbocycles. The van der Waals surface area contributed by atoms with Crippen LogP contribution in [-0.2, 0) is 0 Å². The molecule has 0 bridgehead atoms. The third-order valence-electron chi connectivity index (χ3n) is 2.79. The third kappa shape index (κ3) is 3.13. The molecule has 1 nitrogen and oxygen atoms in total. The molecular formula is C14H19NS. The molecule has 1 atom stereocenters. The standard InChI is InChI=1S/C14H19NS/c1-2-10-15-11-12-16-14(15)9-8-13-6-4-3-5-7-13/h3-9,14H,2,10-12H2,1H3/b9-8+. The minimum absolute atomic E-state index is 0.583. The summed E-state index contributed by atoms with van der Waals surface area (Å²) < 4.78 is 0. The Kier molecular flexibility index (Phi) is 4.49. The highest BCUT2D eigenvalue weighted by molar-refractivity contribution is 8.00. The lowest BCUT2D eigenvalue weighted by atomic mass is 10.2. The van der Waals surface area contributed by atoms with Crippen molar-refractivity contribution in [1.82, 2.24) is 4.90 Å². The van der Waals surface area contributed by atoms with Crippen molar-refractivity contribution < 1.29 is 0 Å². The van der Waals surface area contributed by atoms with Gasteiger partial charge in [-0.25, -0.2) is 0 Å². The number of thioether (sulfide) groups is 1. The maximum absolute atomic E-state index is 2.56. The summed E-state index contributed by atoms with van der Waals surface area (Å²) in [6.45, 7) is 4.71. The molecule has 1 heterocycles. The molecule has 16 heavy (non-hydrogen) atoms. The molecule has 2 heteroatoms. The average Bonchev–Trinajstić information content (AvgIpc) is 2.76. The Morgan fingerprint density at radius 1 is 1.38 bits per heavy atom. The Balaban J connectivity index is 1.96. The first kappa shape index (κ1) is 11.7. The van der Waals surface area contributed by atoms with Gasteiger partial charge in [-0.15, -0.1) is 11.8 Å². The molecule has 0 N–H and O–H groups in total. The van der Waals surface area contributed by atoms with E-state index in [0.29, 0.717) is 5.37 Å². The second-order valence-electron chi connectivity index (χ2n) is 4.07. The summed E-state index contributed by atoms with van der Waals surface area (Å²) in [5.74, 6) is 1.27. The van der Waals surface area contributed by atoms with Gasteiger partial charge >= 0.3 is 0 Å². The molecule has 0 radical (unpaired) electrons. The zero-order valence-corrected chi connectivity index (χ0v) is 10.6. The first-order valence-corrected chi connectivity index (χ1v) is 7.04. The summed E-state index contributed by atoms with van der Waals surface area (Å²) in [7, 11) is 0. The van der Waals surface area contributed by atoms with Crippen molar-refractivity contribution in [2.45, 2.75) is 18.7 Å². The van der Waals surface area contributed by atoms with Gasteiger partial charge in [-0.2, -0.15) is 0 Å². The fraction of sp³-hybridized carbons (Fsp3) is 0.429. The van der Waals surface area contributed by atoms with Crippen molar-refractivity contribution in [3.63, 3.8) is 0 Å². The van der Waals surface area contributed by atoms with E-state index in [0.717, 1.165) is 0 Å². The summed E-state index contributed by atoms with van der Waals surface area (Å²) in [6, 6.07) is 10.5. The highest BCUT2D eigenvalue weighted by Gasteiger charge is 2.21. The molecule has 2 rings (SSSR count). The average molecular weight is 233 g/mol. The second-order valence-corrected chi connectivity index (χ2v) is 5.29. The molecule has 1 unspecified atom stereocenters. The molecule has 1 saturated heterocycles. The van der Waals surface area contributed by atoms with Gasteiger partial charge in [0, 0.05) is 12.3 Å². The van der Waals surface area contributed by atoms with E-state index in [1.807, 2.05) is 11.8 Å². The van der Waals surface area contributed by atoms with Crippen LogP contribution in [0.25, 0.3) is 6.08 Å². The Morgan fingerprint density at radius 3 is 2.94 bits per heavy atom. The summed E-state index contributed by atoms with van der Waals surface area (Å²) >= 11 is 2.05. The maximum atomic E-state index is 2.56. The second kappa shape index (κ2) is 6.12. The topological polar surface area (TPSA) is 3.24 Å². The number of nitrogens with zero attached hydrogens (tertiary/aromatic N) is 1. The van der Waals surface area contributed by atoms with Gasteiger partial charge in [0.2, 0.25) is 0 Å². The van der Waals surface area contributed by atoms with Crippen molar-refractivity contribution in [2.75, 3.05) is 18.8 Å². The van der Waals surface area contributed by atoms with Crippen LogP contribution in [0.15, 0.2) is 36.4 Å². The van der Waals surface area contributed by atoms with Crippen molar-refractivity contribution in [3.8, 4) is 0 Å². The van der Waals surface area contributed by atoms with Gasteiger partial charge < -0.3 is 0 Å². The van der Waals surface area contributed by atoms with Crippen molar-refractivity contribution in [3.05, 3.63) is 42.0 Å². The number of hydrogen-bond acceptors (Lipinski definition) is 2. The van der Waals surface area contributed by atoms with Gasteiger partial charge in [0.25, 0.3) is 0 Å². The first-order chi connectivity index (χ1) is 7.90. The lowest BCUT2D eigenvalue weighted by molar-refractivity contribution is 0.317. The van der Waals surface area contributed by atoms with E-state index >= 15 is 0 Å². The molecule has 1 aliphatic heterocycles. The fourth-order valence-electron chi connectivity index (χ4n) is 1.98. The van der Waals surface area contributed by atoms with E-state index in [1.165, 1.54) is 30.8 Å². The molecular weight excluding hydrogens is 214 g/mol. The largest absolute Gasteiger partial charge is 0.287 e. The molecule has 1 aromatic rings. The molecule has 1 aliphatic rings. The SMILES string of the molecule is CCCN1CCSC1/C=C/c1ccccc1. The van der Waals surface area contributed by atoms with Gasteiger partial charge in [-0.3, -0.25) is 4.90 Å². The Bertz CT molecular complexity index is 334. The monoisotopic (exact) mass is 233 g/mol. The fourth-order valence-corrected chi connectivity index (χ4v) is 3.18. The molecule has 1 aromatic carbocycles. The van der Waals surface area contributed by atoms with Crippen molar-refractivity contribution >= 4 is 17.8 Å². The van der Waals surface area contributed by atoms with Crippen LogP contribution in [0.5, 0.6) is 0 Å². The van der Waals surface area contributed by atoms with E-state index < -0.39 is 0 Å². The first-order valence-electron chi connectivity index (χ1n) is 5.99. The third-order valence-corrected chi connectivity index (χ3v) is 4.01. The Morgan fingerprint density at radius 2 is 2.19 bits per heavy atom. The summed E-state index contributed by atoms with van der Waals surface area (Å²) in [5, 5.41) is 0.583. The number of benzene rings is 1. The molecule has 0 aliphatic carbocycles. The molecule has 0 amide bonds. The lowest BCUT2D eigenvalue weighted by Gasteiger charge is -2.19. The highest BCUT2D eigenvalue weighted by atomic mass is 32.2. The Hall–Kier alpha value is -0.730. The maximum Gasteiger partial charge on any atom is 0.0748 e. The Labute approximate surface area is 103 Å². The molecule has 1 fully saturated rings. The number of rotatable bonds is 4. The van der Waals surface area contributed by atoms with Crippen molar-refractivity contribution in [2.24, 2.45) is 0 Å². The van der Waals surface area contributed by atoms with E-state index in [9.17, 15) is 0 Å². The van der Waals surface area contributed by atoms with E-state index in [4.69, 9.17) is 0 Å². The molecule has 86 valence electrons. The van der Waals surface area contributed by atoms with Gasteiger partial charge in [-0.1, -0.05) is 49.4 Å². The smallest absolute Gasteiger partial charge is 0.0748 e. The predicted octanol–water partition coefficient (Wildman–Crippen LogP) is 3.48. The van der Waals surface area contributed by atoms with Crippen LogP contribution in [-0.4, -0.2) is 29.1 Å². The van der Waals surface area contributed by atoms with E-state index in [-0.39, 0.29) is 0 Å². The van der Waals surface area contributed by atoms with E-state index in [2.05, 4.69) is 54.3 Å². The van der Waals surface area contributed by atoms with Gasteiger partial charge in [-0.05, 0) is 18.5 Å². The van der Waals surface area contributed by atoms with Crippen molar-refractivity contribution in [1.29, 1.82) is 0 Å². The number of hydrogen-bond donors (Lipinski definition) is 0. The van der Waals surface area contributed by atoms with E-state index in [1.54, 1.807) is 0 Å². The highest BCUT2D eigenvalue weighted by Crippen LogP contribution is 2.25. The van der Waals surface area contributed by atoms with Crippen LogP contribution in [0.4, 0.5) is 0 Å². The predicted molar refractivity (Wildman–Crippen MR) is 73.6 cm³/mol. The summed E-state index contributed by atoms with van der Waals surface area (Å²) in [6.07, 6.45) is 5.82. The quantitative estimate of drug-likeness (QED) is 0.783. The van der Waals surface area contributed by atoms with Crippen LogP contribution >= 0.6 is 11.8 Å². The minimum atomic E-state index is 0.583. The van der Waals surface area contributed by atoms with Crippen LogP contribution in [0, 0.1) is 0 Å². The van der Waals surface area contributed by atoms with Crippen LogP contribution in [0.1, 0.15) is 18.9 Å². The zero-order valence-electron chi connectivity index (χ0n) is 9.80. The van der Waals surface area contributed by atoms with Gasteiger partial charge in [0.15, 0.2) is 0 Å². The molecule has 0 aromatic heterocycles. The van der Waals surface area contributed by atoms with Crippen LogP contribution in [0.2, 0.25) is 0 Å². The van der Waals surface area contributed by atoms with Gasteiger partial charge in [0.05, 0.1) is 5.37 Å². The summed E-state index contributed by atoms with van der Waals surface area (Å²) in [4.78, 5) is 2.56. The summed E-state index contributed by atoms with van der Waals surface area (Å²) in [5.41, 5.74) is 1.30. The zero-order chi connectivity index (χ0) is 11.2. The minimum Gasteiger partial charge on any atom is -0.287 e. The van der Waals surface area contributed by atoms with Crippen LogP contribution < -0.4 is 0 Å². The van der Waals surface area contributed by atoms with Crippen LogP contribution in [0.3, 0.4) is 0 Å². The normalized spacial score (nSPS) is 21.9. The van der Waals surface area contributed by atoms with Gasteiger partial charge in [0.1, 0.15) is 0 Å². The lowest BCUT2D eigenvalue weighted by Crippen LogP contribution is -2.27. The molecule has 0 spiro atoms.